The SMILES string of the molecule is CC[C@H](C)[C@H](NC(=O)[C@@H]1CCCN1C[C@H](O)[C@H](Cc1ccccc1)NC(=O)[C@H](CC(N)=O)NC(=O)[C@H](CC(C)C)NC(=O)[C@H](CO)NC(C)=O)C(=O)OC. The fraction of sp³-hybridized carbons (Fsp3) is 0.649. The van der Waals surface area contributed by atoms with Crippen molar-refractivity contribution in [3.63, 3.8) is 0 Å². The maximum atomic E-state index is 13.8. The molecule has 1 aromatic rings. The average Bonchev–Trinajstić information content (AvgIpc) is 3.59. The Morgan fingerprint density at radius 1 is 0.907 bits per heavy atom. The number of carbonyl (C=O) groups excluding carboxylic acids is 7. The van der Waals surface area contributed by atoms with Crippen LogP contribution in [0.2, 0.25) is 0 Å². The van der Waals surface area contributed by atoms with Crippen molar-refractivity contribution in [3.05, 3.63) is 35.9 Å². The largest absolute Gasteiger partial charge is 0.467 e. The summed E-state index contributed by atoms with van der Waals surface area (Å²) in [5.41, 5.74) is 6.24. The molecule has 302 valence electrons. The molecule has 8 atom stereocenters. The predicted molar refractivity (Wildman–Crippen MR) is 198 cm³/mol. The molecule has 0 aromatic heterocycles. The third-order valence-corrected chi connectivity index (χ3v) is 9.40. The first-order chi connectivity index (χ1) is 25.5. The van der Waals surface area contributed by atoms with Gasteiger partial charge in [-0.15, -0.1) is 0 Å². The van der Waals surface area contributed by atoms with Gasteiger partial charge in [-0.2, -0.15) is 0 Å². The fourth-order valence-corrected chi connectivity index (χ4v) is 6.29. The maximum absolute atomic E-state index is 13.8. The predicted octanol–water partition coefficient (Wildman–Crippen LogP) is -1.37. The van der Waals surface area contributed by atoms with Gasteiger partial charge in [0, 0.05) is 13.5 Å². The third kappa shape index (κ3) is 14.7. The van der Waals surface area contributed by atoms with Gasteiger partial charge >= 0.3 is 5.97 Å². The van der Waals surface area contributed by atoms with Gasteiger partial charge in [0.15, 0.2) is 0 Å². The van der Waals surface area contributed by atoms with E-state index >= 15 is 0 Å². The van der Waals surface area contributed by atoms with Gasteiger partial charge in [-0.3, -0.25) is 33.7 Å². The van der Waals surface area contributed by atoms with Crippen molar-refractivity contribution in [2.75, 3.05) is 26.8 Å². The molecule has 1 saturated heterocycles. The number of nitrogens with one attached hydrogen (secondary N) is 5. The second-order valence-corrected chi connectivity index (χ2v) is 14.3. The Kier molecular flexibility index (Phi) is 19.0. The number of likely N-dealkylation sites (tertiary alicyclic amines) is 1. The Morgan fingerprint density at radius 3 is 2.07 bits per heavy atom. The summed E-state index contributed by atoms with van der Waals surface area (Å²) >= 11 is 0. The standard InChI is InChI=1S/C37H59N7O10/c1-7-22(4)32(37(53)54-6)43-36(52)29-14-11-15-44(29)19-30(47)25(17-24-12-9-8-10-13-24)40-34(50)27(18-31(38)48)42-33(49)26(16-21(2)3)41-35(51)28(20-45)39-23(5)46/h8-10,12-13,21-22,25-30,32,45,47H,7,11,14-20H2,1-6H3,(H2,38,48)(H,39,46)(H,40,50)(H,41,51)(H,42,49)(H,43,52)/t22-,25-,26-,27-,28-,29-,30-,32-/m0/s1. The molecule has 0 unspecified atom stereocenters. The average molecular weight is 762 g/mol. The number of methoxy groups -OCH3 is 1. The third-order valence-electron chi connectivity index (χ3n) is 9.40. The number of nitrogens with two attached hydrogens (primary N) is 1. The van der Waals surface area contributed by atoms with Crippen LogP contribution in [0.1, 0.15) is 72.3 Å². The van der Waals surface area contributed by atoms with E-state index in [-0.39, 0.29) is 37.1 Å². The first kappa shape index (κ1) is 45.5. The molecular formula is C37H59N7O10. The number of nitrogens with zero attached hydrogens (tertiary/aromatic N) is 1. The van der Waals surface area contributed by atoms with Gasteiger partial charge < -0.3 is 47.3 Å². The Hall–Kier alpha value is -4.61. The molecule has 54 heavy (non-hydrogen) atoms. The highest BCUT2D eigenvalue weighted by molar-refractivity contribution is 5.95. The van der Waals surface area contributed by atoms with E-state index in [1.54, 1.807) is 30.9 Å². The number of hydrogen-bond acceptors (Lipinski definition) is 11. The number of hydrogen-bond donors (Lipinski definition) is 8. The normalized spacial score (nSPS) is 18.2. The van der Waals surface area contributed by atoms with Crippen LogP contribution in [0.3, 0.4) is 0 Å². The van der Waals surface area contributed by atoms with E-state index in [1.807, 2.05) is 32.0 Å². The number of primary amides is 1. The van der Waals surface area contributed by atoms with E-state index in [1.165, 1.54) is 14.0 Å². The molecule has 17 heteroatoms. The summed E-state index contributed by atoms with van der Waals surface area (Å²) in [6.45, 7) is 8.21. The second-order valence-electron chi connectivity index (χ2n) is 14.3. The minimum Gasteiger partial charge on any atom is -0.467 e. The Morgan fingerprint density at radius 2 is 1.52 bits per heavy atom. The van der Waals surface area contributed by atoms with Crippen molar-refractivity contribution in [2.45, 2.75) is 115 Å². The number of β-amino-alcohol motifs (C(OH)–C–C–N with tert-alkyl or cyclic N) is 1. The van der Waals surface area contributed by atoms with Crippen LogP contribution in [-0.2, 0) is 44.7 Å². The molecule has 6 amide bonds. The highest BCUT2D eigenvalue weighted by Gasteiger charge is 2.38. The zero-order valence-corrected chi connectivity index (χ0v) is 32.1. The fourth-order valence-electron chi connectivity index (χ4n) is 6.29. The molecule has 9 N–H and O–H groups in total. The summed E-state index contributed by atoms with van der Waals surface area (Å²) in [7, 11) is 1.26. The molecule has 2 rings (SSSR count). The van der Waals surface area contributed by atoms with Crippen molar-refractivity contribution in [2.24, 2.45) is 17.6 Å². The van der Waals surface area contributed by atoms with E-state index in [9.17, 15) is 43.8 Å². The number of esters is 1. The minimum absolute atomic E-state index is 0.0300. The summed E-state index contributed by atoms with van der Waals surface area (Å²) in [6, 6.07) is 2.50. The molecule has 1 aliphatic heterocycles. The molecule has 0 saturated carbocycles. The van der Waals surface area contributed by atoms with Gasteiger partial charge in [0.2, 0.25) is 35.4 Å². The first-order valence-corrected chi connectivity index (χ1v) is 18.4. The van der Waals surface area contributed by atoms with Crippen molar-refractivity contribution in [1.29, 1.82) is 0 Å². The number of rotatable bonds is 22. The molecule has 0 spiro atoms. The van der Waals surface area contributed by atoms with Gasteiger partial charge in [-0.25, -0.2) is 4.79 Å². The van der Waals surface area contributed by atoms with E-state index in [0.29, 0.717) is 25.8 Å². The van der Waals surface area contributed by atoms with Crippen LogP contribution in [0.4, 0.5) is 0 Å². The minimum atomic E-state index is -1.50. The summed E-state index contributed by atoms with van der Waals surface area (Å²) in [6.07, 6.45) is 0.164. The van der Waals surface area contributed by atoms with Crippen LogP contribution in [0.15, 0.2) is 30.3 Å². The Bertz CT molecular complexity index is 1430. The molecule has 1 aliphatic rings. The molecular weight excluding hydrogens is 702 g/mol. The zero-order valence-electron chi connectivity index (χ0n) is 32.1. The summed E-state index contributed by atoms with van der Waals surface area (Å²) in [4.78, 5) is 91.6. The van der Waals surface area contributed by atoms with Gasteiger partial charge in [0.1, 0.15) is 24.2 Å². The highest BCUT2D eigenvalue weighted by Crippen LogP contribution is 2.21. The topological polar surface area (TPSA) is 259 Å². The van der Waals surface area contributed by atoms with Crippen LogP contribution in [-0.4, -0.2) is 126 Å². The lowest BCUT2D eigenvalue weighted by atomic mass is 9.98. The van der Waals surface area contributed by atoms with Crippen LogP contribution in [0.5, 0.6) is 0 Å². The van der Waals surface area contributed by atoms with Gasteiger partial charge in [0.25, 0.3) is 0 Å². The number of ether oxygens (including phenoxy) is 1. The van der Waals surface area contributed by atoms with Crippen molar-refractivity contribution in [3.8, 4) is 0 Å². The highest BCUT2D eigenvalue weighted by atomic mass is 16.5. The summed E-state index contributed by atoms with van der Waals surface area (Å²) < 4.78 is 4.91. The van der Waals surface area contributed by atoms with Crippen molar-refractivity contribution < 1.29 is 48.5 Å². The van der Waals surface area contributed by atoms with Crippen LogP contribution < -0.4 is 32.3 Å². The smallest absolute Gasteiger partial charge is 0.328 e. The van der Waals surface area contributed by atoms with E-state index in [4.69, 9.17) is 10.5 Å². The lowest BCUT2D eigenvalue weighted by Gasteiger charge is -2.32. The van der Waals surface area contributed by atoms with E-state index in [0.717, 1.165) is 5.56 Å². The van der Waals surface area contributed by atoms with Gasteiger partial charge in [-0.1, -0.05) is 64.4 Å². The Labute approximate surface area is 316 Å². The lowest BCUT2D eigenvalue weighted by molar-refractivity contribution is -0.147. The van der Waals surface area contributed by atoms with Crippen molar-refractivity contribution in [1.82, 2.24) is 31.5 Å². The van der Waals surface area contributed by atoms with Gasteiger partial charge in [0.05, 0.1) is 38.3 Å². The molecule has 1 aromatic carbocycles. The van der Waals surface area contributed by atoms with E-state index < -0.39 is 90.9 Å². The van der Waals surface area contributed by atoms with Crippen molar-refractivity contribution >= 4 is 41.4 Å². The molecule has 0 aliphatic carbocycles. The number of aliphatic hydroxyl groups excluding tert-OH is 2. The molecule has 0 radical (unpaired) electrons. The molecule has 1 fully saturated rings. The Balaban J connectivity index is 2.31. The maximum Gasteiger partial charge on any atom is 0.328 e. The zero-order chi connectivity index (χ0) is 40.5. The monoisotopic (exact) mass is 761 g/mol. The summed E-state index contributed by atoms with van der Waals surface area (Å²) in [5, 5.41) is 34.2. The number of aliphatic hydroxyl groups is 2. The van der Waals surface area contributed by atoms with Gasteiger partial charge in [-0.05, 0) is 49.6 Å². The number of amides is 6. The van der Waals surface area contributed by atoms with E-state index in [2.05, 4.69) is 26.6 Å². The summed E-state index contributed by atoms with van der Waals surface area (Å²) in [5.74, 6) is -5.18. The molecule has 0 bridgehead atoms. The van der Waals surface area contributed by atoms with Crippen LogP contribution >= 0.6 is 0 Å². The van der Waals surface area contributed by atoms with Crippen LogP contribution in [0.25, 0.3) is 0 Å². The van der Waals surface area contributed by atoms with Crippen LogP contribution in [0, 0.1) is 11.8 Å². The first-order valence-electron chi connectivity index (χ1n) is 18.4. The molecule has 17 nitrogen and oxygen atoms in total. The molecule has 1 heterocycles. The number of carbonyl (C=O) groups is 7. The lowest BCUT2D eigenvalue weighted by Crippen LogP contribution is -2.60. The quantitative estimate of drug-likeness (QED) is 0.0640. The number of benzene rings is 1. The second kappa shape index (κ2) is 22.6.